The Morgan fingerprint density at radius 3 is 2.06 bits per heavy atom. The number of hydrogen-bond donors (Lipinski definition) is 0. The van der Waals surface area contributed by atoms with Gasteiger partial charge >= 0.3 is 12.4 Å². The van der Waals surface area contributed by atoms with E-state index in [9.17, 15) is 35.1 Å². The highest BCUT2D eigenvalue weighted by Gasteiger charge is 2.33. The molecule has 3 aromatic rings. The summed E-state index contributed by atoms with van der Waals surface area (Å²) in [5, 5.41) is 9.04. The summed E-state index contributed by atoms with van der Waals surface area (Å²) in [4.78, 5) is 6.62. The van der Waals surface area contributed by atoms with Gasteiger partial charge in [0.1, 0.15) is 28.8 Å². The average molecular weight is 445 g/mol. The van der Waals surface area contributed by atoms with E-state index in [0.717, 1.165) is 24.4 Å². The van der Waals surface area contributed by atoms with Gasteiger partial charge in [-0.3, -0.25) is 4.98 Å². The number of ether oxygens (including phenoxy) is 1. The lowest BCUT2D eigenvalue weighted by atomic mass is 10.1. The number of rotatable bonds is 3. The maximum Gasteiger partial charge on any atom is 0.433 e. The lowest BCUT2D eigenvalue weighted by Gasteiger charge is -2.12. The quantitative estimate of drug-likeness (QED) is 0.456. The standard InChI is InChI=1S/C19H7F8N3O/c20-14-12(8-28)15(21)17(31-11-5-6-29-13(7-11)19(25,26)27)30-16(14)9-1-3-10(4-2-9)18(22,23)24/h1-7H. The Labute approximate surface area is 168 Å². The Morgan fingerprint density at radius 2 is 1.52 bits per heavy atom. The van der Waals surface area contributed by atoms with E-state index in [1.165, 1.54) is 6.07 Å². The summed E-state index contributed by atoms with van der Waals surface area (Å²) >= 11 is 0. The van der Waals surface area contributed by atoms with Crippen LogP contribution in [0, 0.1) is 23.0 Å². The van der Waals surface area contributed by atoms with Crippen LogP contribution < -0.4 is 4.74 Å². The van der Waals surface area contributed by atoms with Crippen molar-refractivity contribution in [2.24, 2.45) is 0 Å². The number of nitrogens with zero attached hydrogens (tertiary/aromatic N) is 3. The molecule has 0 saturated carbocycles. The van der Waals surface area contributed by atoms with E-state index in [4.69, 9.17) is 10.00 Å². The van der Waals surface area contributed by atoms with Gasteiger partial charge in [-0.15, -0.1) is 0 Å². The van der Waals surface area contributed by atoms with Crippen LogP contribution in [0.25, 0.3) is 11.3 Å². The van der Waals surface area contributed by atoms with Gasteiger partial charge in [0, 0.05) is 17.8 Å². The molecular formula is C19H7F8N3O. The first kappa shape index (κ1) is 21.9. The number of nitriles is 1. The summed E-state index contributed by atoms with van der Waals surface area (Å²) in [5.41, 5.74) is -4.57. The topological polar surface area (TPSA) is 58.8 Å². The monoisotopic (exact) mass is 445 g/mol. The van der Waals surface area contributed by atoms with Crippen molar-refractivity contribution in [2.75, 3.05) is 0 Å². The molecule has 3 rings (SSSR count). The van der Waals surface area contributed by atoms with Crippen molar-refractivity contribution in [1.29, 1.82) is 5.26 Å². The molecule has 1 aromatic carbocycles. The van der Waals surface area contributed by atoms with Crippen molar-refractivity contribution in [2.45, 2.75) is 12.4 Å². The highest BCUT2D eigenvalue weighted by atomic mass is 19.4. The molecule has 2 aromatic heterocycles. The Morgan fingerprint density at radius 1 is 0.871 bits per heavy atom. The minimum absolute atomic E-state index is 0.252. The smallest absolute Gasteiger partial charge is 0.433 e. The molecule has 0 radical (unpaired) electrons. The second-order valence-corrected chi connectivity index (χ2v) is 5.93. The maximum absolute atomic E-state index is 14.5. The fraction of sp³-hybridized carbons (Fsp3) is 0.105. The third-order valence-electron chi connectivity index (χ3n) is 3.88. The van der Waals surface area contributed by atoms with Crippen molar-refractivity contribution < 1.29 is 39.9 Å². The Kier molecular flexibility index (Phi) is 5.54. The van der Waals surface area contributed by atoms with Crippen LogP contribution in [-0.2, 0) is 12.4 Å². The summed E-state index contributed by atoms with van der Waals surface area (Å²) in [5.74, 6) is -4.69. The molecular weight excluding hydrogens is 438 g/mol. The van der Waals surface area contributed by atoms with E-state index in [0.29, 0.717) is 18.2 Å². The molecule has 0 aliphatic rings. The van der Waals surface area contributed by atoms with Crippen LogP contribution in [0.2, 0.25) is 0 Å². The van der Waals surface area contributed by atoms with Crippen LogP contribution in [0.1, 0.15) is 16.8 Å². The molecule has 0 atom stereocenters. The van der Waals surface area contributed by atoms with Gasteiger partial charge in [-0.2, -0.15) is 36.0 Å². The number of benzene rings is 1. The van der Waals surface area contributed by atoms with Crippen LogP contribution >= 0.6 is 0 Å². The van der Waals surface area contributed by atoms with E-state index in [-0.39, 0.29) is 5.56 Å². The second-order valence-electron chi connectivity index (χ2n) is 5.93. The molecule has 0 unspecified atom stereocenters. The zero-order chi connectivity index (χ0) is 23.0. The zero-order valence-corrected chi connectivity index (χ0v) is 14.8. The van der Waals surface area contributed by atoms with Crippen LogP contribution in [0.3, 0.4) is 0 Å². The van der Waals surface area contributed by atoms with Crippen molar-refractivity contribution in [3.63, 3.8) is 0 Å². The van der Waals surface area contributed by atoms with Gasteiger partial charge in [-0.25, -0.2) is 9.37 Å². The van der Waals surface area contributed by atoms with Gasteiger partial charge in [0.25, 0.3) is 5.88 Å². The minimum Gasteiger partial charge on any atom is -0.436 e. The second kappa shape index (κ2) is 7.82. The van der Waals surface area contributed by atoms with E-state index < -0.39 is 58.1 Å². The largest absolute Gasteiger partial charge is 0.436 e. The van der Waals surface area contributed by atoms with Gasteiger partial charge in [-0.05, 0) is 18.2 Å². The van der Waals surface area contributed by atoms with Crippen LogP contribution in [-0.4, -0.2) is 9.97 Å². The molecule has 0 fully saturated rings. The molecule has 4 nitrogen and oxygen atoms in total. The molecule has 0 N–H and O–H groups in total. The fourth-order valence-corrected chi connectivity index (χ4v) is 2.44. The van der Waals surface area contributed by atoms with E-state index in [2.05, 4.69) is 9.97 Å². The molecule has 0 bridgehead atoms. The molecule has 12 heteroatoms. The summed E-state index contributed by atoms with van der Waals surface area (Å²) in [6.07, 6.45) is -8.78. The first-order valence-corrected chi connectivity index (χ1v) is 8.09. The minimum atomic E-state index is -4.84. The Bertz CT molecular complexity index is 1160. The van der Waals surface area contributed by atoms with Crippen molar-refractivity contribution >= 4 is 0 Å². The fourth-order valence-electron chi connectivity index (χ4n) is 2.44. The summed E-state index contributed by atoms with van der Waals surface area (Å²) in [6, 6.07) is 5.50. The van der Waals surface area contributed by atoms with Crippen molar-refractivity contribution in [1.82, 2.24) is 9.97 Å². The molecule has 0 aliphatic heterocycles. The molecule has 31 heavy (non-hydrogen) atoms. The Balaban J connectivity index is 2.08. The summed E-state index contributed by atoms with van der Waals surface area (Å²) in [7, 11) is 0. The summed E-state index contributed by atoms with van der Waals surface area (Å²) < 4.78 is 110. The van der Waals surface area contributed by atoms with Crippen LogP contribution in [0.4, 0.5) is 35.1 Å². The average Bonchev–Trinajstić information content (AvgIpc) is 2.69. The van der Waals surface area contributed by atoms with Crippen molar-refractivity contribution in [3.05, 3.63) is 71.1 Å². The van der Waals surface area contributed by atoms with E-state index in [1.54, 1.807) is 0 Å². The normalized spacial score (nSPS) is 11.8. The van der Waals surface area contributed by atoms with E-state index >= 15 is 0 Å². The van der Waals surface area contributed by atoms with Gasteiger partial charge < -0.3 is 4.74 Å². The third kappa shape index (κ3) is 4.55. The molecule has 0 saturated heterocycles. The number of halogens is 8. The molecule has 160 valence electrons. The predicted octanol–water partition coefficient (Wildman–Crippen LogP) is 6.12. The van der Waals surface area contributed by atoms with Gasteiger partial charge in [0.15, 0.2) is 5.82 Å². The van der Waals surface area contributed by atoms with Crippen molar-refractivity contribution in [3.8, 4) is 29.0 Å². The lowest BCUT2D eigenvalue weighted by Crippen LogP contribution is -2.08. The Hall–Kier alpha value is -3.75. The van der Waals surface area contributed by atoms with Crippen LogP contribution in [0.15, 0.2) is 42.6 Å². The van der Waals surface area contributed by atoms with Crippen LogP contribution in [0.5, 0.6) is 11.6 Å². The van der Waals surface area contributed by atoms with Gasteiger partial charge in [-0.1, -0.05) is 12.1 Å². The molecule has 0 amide bonds. The maximum atomic E-state index is 14.5. The zero-order valence-electron chi connectivity index (χ0n) is 14.8. The SMILES string of the molecule is N#Cc1c(F)c(Oc2ccnc(C(F)(F)F)c2)nc(-c2ccc(C(F)(F)F)cc2)c1F. The lowest BCUT2D eigenvalue weighted by molar-refractivity contribution is -0.141. The third-order valence-corrected chi connectivity index (χ3v) is 3.88. The number of pyridine rings is 2. The first-order valence-electron chi connectivity index (χ1n) is 8.09. The number of alkyl halides is 6. The summed E-state index contributed by atoms with van der Waals surface area (Å²) in [6.45, 7) is 0. The molecule has 0 spiro atoms. The van der Waals surface area contributed by atoms with E-state index in [1.807, 2.05) is 0 Å². The highest BCUT2D eigenvalue weighted by Crippen LogP contribution is 2.35. The first-order chi connectivity index (χ1) is 14.4. The van der Waals surface area contributed by atoms with Gasteiger partial charge in [0.2, 0.25) is 5.82 Å². The predicted molar refractivity (Wildman–Crippen MR) is 88.6 cm³/mol. The van der Waals surface area contributed by atoms with Gasteiger partial charge in [0.05, 0.1) is 5.56 Å². The molecule has 0 aliphatic carbocycles. The number of hydrogen-bond acceptors (Lipinski definition) is 4. The number of aromatic nitrogens is 2. The highest BCUT2D eigenvalue weighted by molar-refractivity contribution is 5.64. The molecule has 2 heterocycles.